The Labute approximate surface area is 91.5 Å². The molecule has 15 heavy (non-hydrogen) atoms. The van der Waals surface area contributed by atoms with Crippen molar-refractivity contribution in [2.75, 3.05) is 6.54 Å². The highest BCUT2D eigenvalue weighted by Crippen LogP contribution is 2.18. The first-order chi connectivity index (χ1) is 7.31. The molecule has 2 nitrogen and oxygen atoms in total. The molecule has 3 heteroatoms. The summed E-state index contributed by atoms with van der Waals surface area (Å²) in [5, 5.41) is 4.48. The summed E-state index contributed by atoms with van der Waals surface area (Å²) in [6.45, 7) is 2.97. The summed E-state index contributed by atoms with van der Waals surface area (Å²) in [5.41, 5.74) is 2.45. The maximum absolute atomic E-state index is 5.94. The quantitative estimate of drug-likeness (QED) is 0.720. The molecule has 0 aliphatic heterocycles. The van der Waals surface area contributed by atoms with Gasteiger partial charge in [0.05, 0.1) is 7.85 Å². The zero-order valence-electron chi connectivity index (χ0n) is 8.96. The molecule has 1 aromatic carbocycles. The molecule has 2 rings (SSSR count). The average Bonchev–Trinajstić information content (AvgIpc) is 2.62. The molecule has 76 valence electrons. The van der Waals surface area contributed by atoms with Crippen molar-refractivity contribution in [3.8, 4) is 0 Å². The first-order valence-corrected chi connectivity index (χ1v) is 5.35. The van der Waals surface area contributed by atoms with Gasteiger partial charge in [-0.05, 0) is 30.5 Å². The SMILES string of the molecule is [B][C@H](Cc1c[nH]c2ccccc12)NCC. The average molecular weight is 198 g/mol. The van der Waals surface area contributed by atoms with Crippen LogP contribution in [-0.4, -0.2) is 25.3 Å². The Morgan fingerprint density at radius 1 is 1.40 bits per heavy atom. The zero-order valence-corrected chi connectivity index (χ0v) is 8.96. The molecule has 0 aliphatic carbocycles. The molecule has 0 bridgehead atoms. The van der Waals surface area contributed by atoms with Crippen molar-refractivity contribution in [2.45, 2.75) is 19.3 Å². The van der Waals surface area contributed by atoms with Gasteiger partial charge in [-0.2, -0.15) is 0 Å². The molecule has 0 saturated heterocycles. The monoisotopic (exact) mass is 198 g/mol. The maximum Gasteiger partial charge on any atom is 0.0911 e. The number of hydrogen-bond acceptors (Lipinski definition) is 1. The fraction of sp³-hybridized carbons (Fsp3) is 0.333. The van der Waals surface area contributed by atoms with Gasteiger partial charge in [0.15, 0.2) is 0 Å². The van der Waals surface area contributed by atoms with Crippen LogP contribution in [0.25, 0.3) is 10.9 Å². The van der Waals surface area contributed by atoms with Crippen molar-refractivity contribution in [3.63, 3.8) is 0 Å². The molecule has 0 aliphatic rings. The number of para-hydroxylation sites is 1. The van der Waals surface area contributed by atoms with Gasteiger partial charge in [0, 0.05) is 17.1 Å². The minimum absolute atomic E-state index is 0.0363. The zero-order chi connectivity index (χ0) is 10.7. The smallest absolute Gasteiger partial charge is 0.0911 e. The summed E-state index contributed by atoms with van der Waals surface area (Å²) in [5.74, 6) is 0.0363. The highest BCUT2D eigenvalue weighted by Gasteiger charge is 2.06. The standard InChI is InChI=1S/C12H15BN2/c1-2-14-12(13)7-9-8-15-11-6-4-3-5-10(9)11/h3-6,8,12,14-15H,2,7H2,1H3/t12-/m0/s1. The van der Waals surface area contributed by atoms with Gasteiger partial charge in [0.25, 0.3) is 0 Å². The minimum Gasteiger partial charge on any atom is -0.361 e. The molecule has 1 aromatic heterocycles. The molecule has 0 amide bonds. The van der Waals surface area contributed by atoms with Gasteiger partial charge in [-0.1, -0.05) is 25.1 Å². The first-order valence-electron chi connectivity index (χ1n) is 5.35. The molecule has 2 radical (unpaired) electrons. The number of rotatable bonds is 4. The number of likely N-dealkylation sites (N-methyl/N-ethyl adjacent to an activating group) is 1. The van der Waals surface area contributed by atoms with E-state index in [1.165, 1.54) is 16.5 Å². The summed E-state index contributed by atoms with van der Waals surface area (Å²) >= 11 is 0. The lowest BCUT2D eigenvalue weighted by Gasteiger charge is -2.11. The molecule has 0 fully saturated rings. The number of nitrogens with one attached hydrogen (secondary N) is 2. The minimum atomic E-state index is 0.0363. The van der Waals surface area contributed by atoms with E-state index in [2.05, 4.69) is 35.4 Å². The van der Waals surface area contributed by atoms with Crippen molar-refractivity contribution < 1.29 is 0 Å². The largest absolute Gasteiger partial charge is 0.361 e. The highest BCUT2D eigenvalue weighted by atomic mass is 14.9. The van der Waals surface area contributed by atoms with Crippen LogP contribution < -0.4 is 5.32 Å². The van der Waals surface area contributed by atoms with E-state index in [9.17, 15) is 0 Å². The van der Waals surface area contributed by atoms with Crippen LogP contribution in [0, 0.1) is 0 Å². The van der Waals surface area contributed by atoms with E-state index in [0.29, 0.717) is 0 Å². The lowest BCUT2D eigenvalue weighted by Crippen LogP contribution is -2.30. The molecule has 1 heterocycles. The fourth-order valence-corrected chi connectivity index (χ4v) is 1.87. The number of hydrogen-bond donors (Lipinski definition) is 2. The number of aromatic amines is 1. The summed E-state index contributed by atoms with van der Waals surface area (Å²) in [4.78, 5) is 3.25. The number of H-pyrrole nitrogens is 1. The van der Waals surface area contributed by atoms with Crippen molar-refractivity contribution in [3.05, 3.63) is 36.0 Å². The van der Waals surface area contributed by atoms with Crippen LogP contribution in [0.5, 0.6) is 0 Å². The summed E-state index contributed by atoms with van der Waals surface area (Å²) in [6.07, 6.45) is 2.90. The lowest BCUT2D eigenvalue weighted by molar-refractivity contribution is 0.664. The molecule has 0 saturated carbocycles. The van der Waals surface area contributed by atoms with Crippen LogP contribution in [0.15, 0.2) is 30.5 Å². The third-order valence-electron chi connectivity index (χ3n) is 2.58. The van der Waals surface area contributed by atoms with Crippen molar-refractivity contribution in [1.29, 1.82) is 0 Å². The Morgan fingerprint density at radius 2 is 2.20 bits per heavy atom. The van der Waals surface area contributed by atoms with Gasteiger partial charge < -0.3 is 10.3 Å². The first kappa shape index (κ1) is 10.3. The van der Waals surface area contributed by atoms with Crippen LogP contribution in [0.2, 0.25) is 0 Å². The lowest BCUT2D eigenvalue weighted by atomic mass is 9.89. The molecule has 0 spiro atoms. The second-order valence-corrected chi connectivity index (χ2v) is 3.73. The van der Waals surface area contributed by atoms with E-state index in [1.54, 1.807) is 0 Å². The van der Waals surface area contributed by atoms with Crippen LogP contribution in [0.1, 0.15) is 12.5 Å². The highest BCUT2D eigenvalue weighted by molar-refractivity contribution is 6.12. The normalized spacial score (nSPS) is 13.1. The van der Waals surface area contributed by atoms with Gasteiger partial charge in [0.2, 0.25) is 0 Å². The van der Waals surface area contributed by atoms with Gasteiger partial charge in [-0.3, -0.25) is 0 Å². The van der Waals surface area contributed by atoms with Gasteiger partial charge in [0.1, 0.15) is 0 Å². The molecule has 1 atom stereocenters. The third kappa shape index (κ3) is 2.24. The van der Waals surface area contributed by atoms with Crippen LogP contribution >= 0.6 is 0 Å². The predicted molar refractivity (Wildman–Crippen MR) is 65.2 cm³/mol. The number of benzene rings is 1. The predicted octanol–water partition coefficient (Wildman–Crippen LogP) is 1.81. The Balaban J connectivity index is 2.21. The number of fused-ring (bicyclic) bond motifs is 1. The van der Waals surface area contributed by atoms with E-state index in [1.807, 2.05) is 12.3 Å². The Morgan fingerprint density at radius 3 is 3.00 bits per heavy atom. The van der Waals surface area contributed by atoms with E-state index in [-0.39, 0.29) is 5.94 Å². The van der Waals surface area contributed by atoms with Crippen LogP contribution in [0.4, 0.5) is 0 Å². The molecule has 0 unspecified atom stereocenters. The Kier molecular flexibility index (Phi) is 3.12. The van der Waals surface area contributed by atoms with Gasteiger partial charge in [-0.25, -0.2) is 0 Å². The Bertz CT molecular complexity index is 436. The van der Waals surface area contributed by atoms with E-state index < -0.39 is 0 Å². The molecular weight excluding hydrogens is 183 g/mol. The number of aromatic nitrogens is 1. The second kappa shape index (κ2) is 4.54. The van der Waals surface area contributed by atoms with E-state index >= 15 is 0 Å². The van der Waals surface area contributed by atoms with Crippen LogP contribution in [-0.2, 0) is 6.42 Å². The Hall–Kier alpha value is -1.22. The van der Waals surface area contributed by atoms with E-state index in [0.717, 1.165) is 13.0 Å². The molecule has 2 aromatic rings. The summed E-state index contributed by atoms with van der Waals surface area (Å²) < 4.78 is 0. The van der Waals surface area contributed by atoms with Gasteiger partial charge in [-0.15, -0.1) is 0 Å². The summed E-state index contributed by atoms with van der Waals surface area (Å²) in [7, 11) is 5.94. The maximum atomic E-state index is 5.94. The van der Waals surface area contributed by atoms with Crippen LogP contribution in [0.3, 0.4) is 0 Å². The third-order valence-corrected chi connectivity index (χ3v) is 2.58. The summed E-state index contributed by atoms with van der Waals surface area (Å²) in [6, 6.07) is 8.29. The van der Waals surface area contributed by atoms with Gasteiger partial charge >= 0.3 is 0 Å². The topological polar surface area (TPSA) is 27.8 Å². The van der Waals surface area contributed by atoms with Crippen molar-refractivity contribution in [2.24, 2.45) is 0 Å². The van der Waals surface area contributed by atoms with Crippen molar-refractivity contribution in [1.82, 2.24) is 10.3 Å². The van der Waals surface area contributed by atoms with Crippen molar-refractivity contribution >= 4 is 18.7 Å². The van der Waals surface area contributed by atoms with E-state index in [4.69, 9.17) is 7.85 Å². The molecule has 2 N–H and O–H groups in total. The second-order valence-electron chi connectivity index (χ2n) is 3.73. The molecular formula is C12H15BN2. The fourth-order valence-electron chi connectivity index (χ4n) is 1.87.